The average Bonchev–Trinajstić information content (AvgIpc) is 2.38. The van der Waals surface area contributed by atoms with Crippen LogP contribution in [-0.2, 0) is 4.79 Å². The molecular formula is C13H14N2OS. The van der Waals surface area contributed by atoms with Crippen molar-refractivity contribution in [3.05, 3.63) is 36.4 Å². The molecule has 1 amide bonds. The fourth-order valence-corrected chi connectivity index (χ4v) is 2.19. The van der Waals surface area contributed by atoms with Gasteiger partial charge < -0.3 is 5.32 Å². The van der Waals surface area contributed by atoms with E-state index < -0.39 is 0 Å². The number of amides is 1. The molecule has 0 bridgehead atoms. The Morgan fingerprint density at radius 3 is 2.65 bits per heavy atom. The maximum atomic E-state index is 11.4. The Bertz CT molecular complexity index is 554. The number of hydrogen-bond acceptors (Lipinski definition) is 3. The van der Waals surface area contributed by atoms with Crippen LogP contribution >= 0.6 is 11.9 Å². The largest absolute Gasteiger partial charge is 0.326 e. The van der Waals surface area contributed by atoms with Gasteiger partial charge in [-0.2, -0.15) is 0 Å². The van der Waals surface area contributed by atoms with Crippen LogP contribution in [0.4, 0.5) is 5.69 Å². The van der Waals surface area contributed by atoms with Gasteiger partial charge in [0.05, 0.1) is 0 Å². The highest BCUT2D eigenvalue weighted by Gasteiger charge is 2.06. The highest BCUT2D eigenvalue weighted by Crippen LogP contribution is 2.29. The Labute approximate surface area is 105 Å². The normalized spacial score (nSPS) is 10.5. The lowest BCUT2D eigenvalue weighted by Gasteiger charge is -2.09. The van der Waals surface area contributed by atoms with Gasteiger partial charge in [-0.25, -0.2) is 0 Å². The number of anilines is 1. The van der Waals surface area contributed by atoms with E-state index >= 15 is 0 Å². The van der Waals surface area contributed by atoms with E-state index in [4.69, 9.17) is 5.14 Å². The number of fused-ring (bicyclic) bond motifs is 1. The number of benzene rings is 2. The van der Waals surface area contributed by atoms with E-state index in [9.17, 15) is 4.79 Å². The summed E-state index contributed by atoms with van der Waals surface area (Å²) in [6.07, 6.45) is 0.474. The molecule has 3 N–H and O–H groups in total. The van der Waals surface area contributed by atoms with Crippen molar-refractivity contribution in [3.63, 3.8) is 0 Å². The molecule has 2 rings (SSSR count). The van der Waals surface area contributed by atoms with Crippen LogP contribution in [0.15, 0.2) is 41.3 Å². The van der Waals surface area contributed by atoms with Crippen LogP contribution in [0.1, 0.15) is 13.3 Å². The predicted molar refractivity (Wildman–Crippen MR) is 72.9 cm³/mol. The molecule has 0 spiro atoms. The van der Waals surface area contributed by atoms with Gasteiger partial charge in [0.1, 0.15) is 0 Å². The van der Waals surface area contributed by atoms with Crippen molar-refractivity contribution in [2.24, 2.45) is 5.14 Å². The molecule has 0 aromatic heterocycles. The van der Waals surface area contributed by atoms with E-state index in [1.54, 1.807) is 0 Å². The fraction of sp³-hybridized carbons (Fsp3) is 0.154. The fourth-order valence-electron chi connectivity index (χ4n) is 1.73. The summed E-state index contributed by atoms with van der Waals surface area (Å²) in [4.78, 5) is 12.4. The summed E-state index contributed by atoms with van der Waals surface area (Å²) in [5.74, 6) is 0.0169. The van der Waals surface area contributed by atoms with Gasteiger partial charge in [0.2, 0.25) is 5.91 Å². The molecule has 0 aliphatic carbocycles. The molecule has 88 valence electrons. The Hall–Kier alpha value is -1.52. The van der Waals surface area contributed by atoms with Gasteiger partial charge in [-0.1, -0.05) is 31.2 Å². The Kier molecular flexibility index (Phi) is 3.66. The molecule has 2 aromatic carbocycles. The summed E-state index contributed by atoms with van der Waals surface area (Å²) in [5.41, 5.74) is 0.838. The zero-order chi connectivity index (χ0) is 12.3. The zero-order valence-corrected chi connectivity index (χ0v) is 10.4. The molecule has 3 nitrogen and oxygen atoms in total. The van der Waals surface area contributed by atoms with Crippen LogP contribution < -0.4 is 10.5 Å². The van der Waals surface area contributed by atoms with E-state index in [0.29, 0.717) is 6.42 Å². The monoisotopic (exact) mass is 246 g/mol. The second-order valence-electron chi connectivity index (χ2n) is 3.68. The summed E-state index contributed by atoms with van der Waals surface area (Å²) >= 11 is 1.22. The molecule has 17 heavy (non-hydrogen) atoms. The number of carbonyl (C=O) groups is 1. The molecule has 0 radical (unpaired) electrons. The number of nitrogens with two attached hydrogens (primary N) is 1. The minimum absolute atomic E-state index is 0.0169. The molecular weight excluding hydrogens is 232 g/mol. The first-order valence-electron chi connectivity index (χ1n) is 5.44. The van der Waals surface area contributed by atoms with Crippen molar-refractivity contribution in [2.75, 3.05) is 5.32 Å². The van der Waals surface area contributed by atoms with E-state index in [0.717, 1.165) is 21.4 Å². The molecule has 0 fully saturated rings. The maximum Gasteiger partial charge on any atom is 0.224 e. The smallest absolute Gasteiger partial charge is 0.224 e. The van der Waals surface area contributed by atoms with Gasteiger partial charge in [0.25, 0.3) is 0 Å². The van der Waals surface area contributed by atoms with Crippen molar-refractivity contribution in [1.29, 1.82) is 0 Å². The van der Waals surface area contributed by atoms with Crippen molar-refractivity contribution in [3.8, 4) is 0 Å². The molecule has 0 saturated heterocycles. The van der Waals surface area contributed by atoms with Gasteiger partial charge in [-0.15, -0.1) is 0 Å². The lowest BCUT2D eigenvalue weighted by atomic mass is 10.1. The minimum Gasteiger partial charge on any atom is -0.326 e. The lowest BCUT2D eigenvalue weighted by Crippen LogP contribution is -2.09. The molecule has 2 aromatic rings. The van der Waals surface area contributed by atoms with Crippen molar-refractivity contribution in [1.82, 2.24) is 0 Å². The summed E-state index contributed by atoms with van der Waals surface area (Å²) < 4.78 is 0. The van der Waals surface area contributed by atoms with Gasteiger partial charge in [-0.3, -0.25) is 9.93 Å². The van der Waals surface area contributed by atoms with Crippen LogP contribution in [0.2, 0.25) is 0 Å². The predicted octanol–water partition coefficient (Wildman–Crippen LogP) is 3.15. The first-order valence-corrected chi connectivity index (χ1v) is 6.32. The first-order chi connectivity index (χ1) is 8.26. The van der Waals surface area contributed by atoms with E-state index in [1.165, 1.54) is 11.9 Å². The number of rotatable bonds is 3. The van der Waals surface area contributed by atoms with E-state index in [2.05, 4.69) is 5.32 Å². The van der Waals surface area contributed by atoms with Crippen molar-refractivity contribution < 1.29 is 4.79 Å². The average molecular weight is 246 g/mol. The third-order valence-corrected chi connectivity index (χ3v) is 3.21. The van der Waals surface area contributed by atoms with Gasteiger partial charge in [0.15, 0.2) is 0 Å². The Balaban J connectivity index is 2.54. The van der Waals surface area contributed by atoms with Crippen LogP contribution in [-0.4, -0.2) is 5.91 Å². The highest BCUT2D eigenvalue weighted by atomic mass is 32.2. The topological polar surface area (TPSA) is 55.1 Å². The quantitative estimate of drug-likeness (QED) is 0.818. The van der Waals surface area contributed by atoms with Crippen LogP contribution in [0, 0.1) is 0 Å². The third-order valence-electron chi connectivity index (χ3n) is 2.60. The molecule has 4 heteroatoms. The van der Waals surface area contributed by atoms with Crippen LogP contribution in [0.3, 0.4) is 0 Å². The van der Waals surface area contributed by atoms with Gasteiger partial charge in [0, 0.05) is 22.4 Å². The Morgan fingerprint density at radius 2 is 1.94 bits per heavy atom. The minimum atomic E-state index is 0.0169. The molecule has 0 saturated carbocycles. The number of carbonyl (C=O) groups excluding carboxylic acids is 1. The first kappa shape index (κ1) is 12.0. The van der Waals surface area contributed by atoms with Crippen LogP contribution in [0.25, 0.3) is 10.8 Å². The molecule has 0 aliphatic heterocycles. The summed E-state index contributed by atoms with van der Waals surface area (Å²) in [7, 11) is 0. The van der Waals surface area contributed by atoms with Gasteiger partial charge >= 0.3 is 0 Å². The second kappa shape index (κ2) is 5.21. The SMILES string of the molecule is CCC(=O)Nc1cccc2c(SN)cccc12. The number of hydrogen-bond donors (Lipinski definition) is 2. The third kappa shape index (κ3) is 2.43. The Morgan fingerprint density at radius 1 is 1.24 bits per heavy atom. The summed E-state index contributed by atoms with van der Waals surface area (Å²) in [5, 5.41) is 10.6. The number of nitrogens with one attached hydrogen (secondary N) is 1. The maximum absolute atomic E-state index is 11.4. The zero-order valence-electron chi connectivity index (χ0n) is 9.57. The molecule has 0 aliphatic rings. The standard InChI is InChI=1S/C13H14N2OS/c1-2-13(16)15-11-7-3-6-10-9(11)5-4-8-12(10)17-14/h3-8H,2,14H2,1H3,(H,15,16). The molecule has 0 atom stereocenters. The van der Waals surface area contributed by atoms with Gasteiger partial charge in [-0.05, 0) is 29.5 Å². The van der Waals surface area contributed by atoms with Crippen LogP contribution in [0.5, 0.6) is 0 Å². The molecule has 0 unspecified atom stereocenters. The highest BCUT2D eigenvalue weighted by molar-refractivity contribution is 7.97. The summed E-state index contributed by atoms with van der Waals surface area (Å²) in [6.45, 7) is 1.83. The van der Waals surface area contributed by atoms with E-state index in [1.807, 2.05) is 43.3 Å². The molecule has 0 heterocycles. The second-order valence-corrected chi connectivity index (χ2v) is 4.35. The lowest BCUT2D eigenvalue weighted by molar-refractivity contribution is -0.115. The van der Waals surface area contributed by atoms with Crippen molar-refractivity contribution >= 4 is 34.3 Å². The summed E-state index contributed by atoms with van der Waals surface area (Å²) in [6, 6.07) is 11.7. The van der Waals surface area contributed by atoms with E-state index in [-0.39, 0.29) is 5.91 Å². The van der Waals surface area contributed by atoms with Crippen molar-refractivity contribution in [2.45, 2.75) is 18.2 Å².